The van der Waals surface area contributed by atoms with Crippen molar-refractivity contribution in [1.82, 2.24) is 10.6 Å². The third kappa shape index (κ3) is 10.4. The van der Waals surface area contributed by atoms with Crippen molar-refractivity contribution < 1.29 is 43.9 Å². The maximum Gasteiger partial charge on any atom is 0.508 e. The molecule has 6 atom stereocenters. The molecule has 0 radical (unpaired) electrons. The first kappa shape index (κ1) is 31.2. The fourth-order valence-corrected chi connectivity index (χ4v) is 3.77. The number of aliphatic hydroxyl groups is 3. The van der Waals surface area contributed by atoms with Gasteiger partial charge in [-0.15, -0.1) is 0 Å². The Balaban J connectivity index is 1.86. The van der Waals surface area contributed by atoms with E-state index < -0.39 is 54.5 Å². The van der Waals surface area contributed by atoms with Crippen LogP contribution in [0.15, 0.2) is 42.5 Å². The first-order valence-electron chi connectivity index (χ1n) is 12.6. The monoisotopic (exact) mass is 536 g/mol. The minimum absolute atomic E-state index is 0.0420. The van der Waals surface area contributed by atoms with Crippen LogP contribution in [0.1, 0.15) is 39.2 Å². The first-order valence-corrected chi connectivity index (χ1v) is 12.6. The summed E-state index contributed by atoms with van der Waals surface area (Å²) in [6.45, 7) is 5.88. The Morgan fingerprint density at radius 3 is 2.45 bits per heavy atom. The highest BCUT2D eigenvalue weighted by Gasteiger charge is 2.37. The summed E-state index contributed by atoms with van der Waals surface area (Å²) in [4.78, 5) is 37.4. The molecule has 0 unspecified atom stereocenters. The van der Waals surface area contributed by atoms with Crippen LogP contribution in [0.3, 0.4) is 0 Å². The van der Waals surface area contributed by atoms with E-state index in [0.29, 0.717) is 6.42 Å². The molecule has 1 aliphatic rings. The van der Waals surface area contributed by atoms with Crippen molar-refractivity contribution in [2.45, 2.75) is 76.6 Å². The van der Waals surface area contributed by atoms with Gasteiger partial charge in [0.25, 0.3) is 5.91 Å². The molecule has 0 aromatic heterocycles. The lowest BCUT2D eigenvalue weighted by atomic mass is 9.94. The molecule has 11 heteroatoms. The summed E-state index contributed by atoms with van der Waals surface area (Å²) in [6.07, 6.45) is -4.02. The number of amides is 2. The molecule has 2 amide bonds. The molecule has 0 bridgehead atoms. The molecule has 1 aromatic rings. The molecule has 0 spiro atoms. The molecule has 1 heterocycles. The zero-order valence-electron chi connectivity index (χ0n) is 22.3. The summed E-state index contributed by atoms with van der Waals surface area (Å²) in [7, 11) is 1.16. The molecule has 212 valence electrons. The molecular formula is C27H40N2O9. The third-order valence-electron chi connectivity index (χ3n) is 5.95. The van der Waals surface area contributed by atoms with E-state index in [4.69, 9.17) is 14.2 Å². The van der Waals surface area contributed by atoms with Gasteiger partial charge in [-0.05, 0) is 23.8 Å². The number of nitrogens with one attached hydrogen (secondary N) is 2. The van der Waals surface area contributed by atoms with Gasteiger partial charge in [-0.1, -0.05) is 63.3 Å². The van der Waals surface area contributed by atoms with Crippen LogP contribution in [0, 0.1) is 5.41 Å². The van der Waals surface area contributed by atoms with Crippen molar-refractivity contribution >= 4 is 18.0 Å². The minimum Gasteiger partial charge on any atom is -0.434 e. The zero-order chi connectivity index (χ0) is 28.3. The standard InChI is InChI=1S/C27H40N2O9/c1-27(2,3)14-12-20(30)21(31)22(32)23(36-4)25(34)29-19-11-10-18(16-28-24(19)33)38-26(35)37-15-13-17-8-6-5-7-9-17/h5-9,12,14,18-23,30-32H,10-11,13,15-16H2,1-4H3,(H,28,33)(H,29,34)/b14-12+/t18-,19+,20-,21+,22-,23-/m1/s1. The Bertz CT molecular complexity index is 932. The van der Waals surface area contributed by atoms with E-state index in [9.17, 15) is 29.7 Å². The van der Waals surface area contributed by atoms with E-state index in [0.717, 1.165) is 12.7 Å². The van der Waals surface area contributed by atoms with Crippen LogP contribution in [-0.2, 0) is 30.2 Å². The number of rotatable bonds is 11. The van der Waals surface area contributed by atoms with Gasteiger partial charge in [-0.3, -0.25) is 9.59 Å². The van der Waals surface area contributed by atoms with Crippen molar-refractivity contribution in [3.8, 4) is 0 Å². The van der Waals surface area contributed by atoms with E-state index >= 15 is 0 Å². The largest absolute Gasteiger partial charge is 0.508 e. The molecule has 11 nitrogen and oxygen atoms in total. The molecule has 1 fully saturated rings. The normalized spacial score (nSPS) is 21.5. The maximum atomic E-state index is 12.8. The SMILES string of the molecule is CO[C@@H](C(=O)N[C@H]1CC[C@@H](OC(=O)OCCc2ccccc2)CNC1=O)[C@H](O)[C@@H](O)[C@H](O)/C=C/C(C)(C)C. The van der Waals surface area contributed by atoms with E-state index in [1.807, 2.05) is 51.1 Å². The van der Waals surface area contributed by atoms with Gasteiger partial charge >= 0.3 is 6.16 Å². The molecule has 5 N–H and O–H groups in total. The highest BCUT2D eigenvalue weighted by atomic mass is 16.7. The van der Waals surface area contributed by atoms with Gasteiger partial charge in [0.2, 0.25) is 5.91 Å². The quantitative estimate of drug-likeness (QED) is 0.204. The number of carbonyl (C=O) groups excluding carboxylic acids is 3. The van der Waals surface area contributed by atoms with E-state index in [-0.39, 0.29) is 31.4 Å². The van der Waals surface area contributed by atoms with Crippen molar-refractivity contribution in [2.75, 3.05) is 20.3 Å². The smallest absolute Gasteiger partial charge is 0.434 e. The fourth-order valence-electron chi connectivity index (χ4n) is 3.77. The van der Waals surface area contributed by atoms with Crippen LogP contribution in [0.25, 0.3) is 0 Å². The molecule has 0 saturated carbocycles. The summed E-state index contributed by atoms with van der Waals surface area (Å²) in [5.41, 5.74) is 0.750. The second kappa shape index (κ2) is 14.8. The summed E-state index contributed by atoms with van der Waals surface area (Å²) < 4.78 is 15.5. The molecular weight excluding hydrogens is 496 g/mol. The number of hydrogen-bond acceptors (Lipinski definition) is 9. The van der Waals surface area contributed by atoms with E-state index in [1.54, 1.807) is 6.08 Å². The summed E-state index contributed by atoms with van der Waals surface area (Å²) in [5, 5.41) is 36.1. The second-order valence-electron chi connectivity index (χ2n) is 10.3. The predicted octanol–water partition coefficient (Wildman–Crippen LogP) is 0.846. The van der Waals surface area contributed by atoms with Gasteiger partial charge < -0.3 is 40.2 Å². The van der Waals surface area contributed by atoms with E-state index in [2.05, 4.69) is 10.6 Å². The molecule has 1 aromatic carbocycles. The van der Waals surface area contributed by atoms with Crippen LogP contribution in [0.5, 0.6) is 0 Å². The number of methoxy groups -OCH3 is 1. The molecule has 1 saturated heterocycles. The lowest BCUT2D eigenvalue weighted by Gasteiger charge is -2.28. The molecule has 0 aliphatic carbocycles. The lowest BCUT2D eigenvalue weighted by Crippen LogP contribution is -2.55. The molecule has 38 heavy (non-hydrogen) atoms. The Labute approximate surface area is 223 Å². The Morgan fingerprint density at radius 1 is 1.13 bits per heavy atom. The first-order chi connectivity index (χ1) is 17.9. The van der Waals surface area contributed by atoms with Crippen molar-refractivity contribution in [2.24, 2.45) is 5.41 Å². The van der Waals surface area contributed by atoms with Gasteiger partial charge in [0, 0.05) is 13.5 Å². The van der Waals surface area contributed by atoms with E-state index in [1.165, 1.54) is 6.08 Å². The zero-order valence-corrected chi connectivity index (χ0v) is 22.3. The van der Waals surface area contributed by atoms with Gasteiger partial charge in [-0.2, -0.15) is 0 Å². The second-order valence-corrected chi connectivity index (χ2v) is 10.3. The third-order valence-corrected chi connectivity index (χ3v) is 5.95. The summed E-state index contributed by atoms with van der Waals surface area (Å²) in [5.74, 6) is -1.34. The Hall–Kier alpha value is -2.99. The van der Waals surface area contributed by atoms with Gasteiger partial charge in [0.15, 0.2) is 6.10 Å². The fraction of sp³-hybridized carbons (Fsp3) is 0.593. The van der Waals surface area contributed by atoms with Crippen LogP contribution in [0.4, 0.5) is 4.79 Å². The molecule has 1 aliphatic heterocycles. The summed E-state index contributed by atoms with van der Waals surface area (Å²) >= 11 is 0. The average Bonchev–Trinajstić information content (AvgIpc) is 3.03. The number of ether oxygens (including phenoxy) is 3. The topological polar surface area (TPSA) is 164 Å². The van der Waals surface area contributed by atoms with Crippen LogP contribution < -0.4 is 10.6 Å². The van der Waals surface area contributed by atoms with Gasteiger partial charge in [-0.25, -0.2) is 4.79 Å². The summed E-state index contributed by atoms with van der Waals surface area (Å²) in [6, 6.07) is 8.53. The van der Waals surface area contributed by atoms with Crippen molar-refractivity contribution in [1.29, 1.82) is 0 Å². The van der Waals surface area contributed by atoms with Crippen molar-refractivity contribution in [3.05, 3.63) is 48.0 Å². The van der Waals surface area contributed by atoms with Crippen LogP contribution in [0.2, 0.25) is 0 Å². The van der Waals surface area contributed by atoms with Crippen LogP contribution >= 0.6 is 0 Å². The number of hydrogen-bond donors (Lipinski definition) is 5. The minimum atomic E-state index is -1.77. The number of allylic oxidation sites excluding steroid dienone is 1. The van der Waals surface area contributed by atoms with Gasteiger partial charge in [0.1, 0.15) is 30.5 Å². The Morgan fingerprint density at radius 2 is 1.82 bits per heavy atom. The number of carbonyl (C=O) groups is 3. The highest BCUT2D eigenvalue weighted by Crippen LogP contribution is 2.17. The Kier molecular flexibility index (Phi) is 12.2. The maximum absolute atomic E-state index is 12.8. The highest BCUT2D eigenvalue weighted by molar-refractivity contribution is 5.89. The van der Waals surface area contributed by atoms with Gasteiger partial charge in [0.05, 0.1) is 13.2 Å². The lowest BCUT2D eigenvalue weighted by molar-refractivity contribution is -0.150. The predicted molar refractivity (Wildman–Crippen MR) is 138 cm³/mol. The average molecular weight is 537 g/mol. The number of aliphatic hydroxyl groups excluding tert-OH is 3. The molecule has 2 rings (SSSR count). The number of benzene rings is 1. The van der Waals surface area contributed by atoms with Crippen molar-refractivity contribution in [3.63, 3.8) is 0 Å². The van der Waals surface area contributed by atoms with Crippen LogP contribution in [-0.4, -0.2) is 90.1 Å².